The quantitative estimate of drug-likeness (QED) is 0.321. The zero-order valence-electron chi connectivity index (χ0n) is 18.0. The first-order chi connectivity index (χ1) is 16.1. The first-order valence-electron chi connectivity index (χ1n) is 10.4. The monoisotopic (exact) mass is 443 g/mol. The summed E-state index contributed by atoms with van der Waals surface area (Å²) >= 11 is 0. The number of pyridine rings is 1. The summed E-state index contributed by atoms with van der Waals surface area (Å²) in [6, 6.07) is 26.9. The maximum atomic E-state index is 14.9. The van der Waals surface area contributed by atoms with Gasteiger partial charge in [0.05, 0.1) is 12.7 Å². The van der Waals surface area contributed by atoms with E-state index in [1.54, 1.807) is 12.1 Å². The van der Waals surface area contributed by atoms with Crippen molar-refractivity contribution in [3.63, 3.8) is 0 Å². The molecule has 33 heavy (non-hydrogen) atoms. The Kier molecular flexibility index (Phi) is 6.95. The van der Waals surface area contributed by atoms with Crippen LogP contribution in [0.2, 0.25) is 0 Å². The molecule has 4 rings (SSSR count). The van der Waals surface area contributed by atoms with Crippen molar-refractivity contribution in [2.24, 2.45) is 0 Å². The van der Waals surface area contributed by atoms with Crippen molar-refractivity contribution in [3.8, 4) is 22.9 Å². The van der Waals surface area contributed by atoms with Gasteiger partial charge in [-0.1, -0.05) is 66.7 Å². The molecule has 0 bridgehead atoms. The van der Waals surface area contributed by atoms with Gasteiger partial charge in [0.15, 0.2) is 0 Å². The van der Waals surface area contributed by atoms with Crippen LogP contribution in [0.5, 0.6) is 11.8 Å². The Bertz CT molecular complexity index is 1230. The molecule has 0 aliphatic rings. The number of ether oxygens (including phenoxy) is 3. The number of methoxy groups -OCH3 is 1. The van der Waals surface area contributed by atoms with Crippen LogP contribution in [-0.4, -0.2) is 18.1 Å². The van der Waals surface area contributed by atoms with Gasteiger partial charge in [-0.25, -0.2) is 9.18 Å². The summed E-state index contributed by atoms with van der Waals surface area (Å²) in [6.45, 7) is 0.596. The molecule has 0 spiro atoms. The van der Waals surface area contributed by atoms with Crippen LogP contribution >= 0.6 is 0 Å². The highest BCUT2D eigenvalue weighted by Crippen LogP contribution is 2.33. The predicted molar refractivity (Wildman–Crippen MR) is 123 cm³/mol. The van der Waals surface area contributed by atoms with E-state index in [4.69, 9.17) is 9.47 Å². The maximum Gasteiger partial charge on any atom is 0.337 e. The minimum Gasteiger partial charge on any atom is -0.473 e. The van der Waals surface area contributed by atoms with Crippen LogP contribution in [0.4, 0.5) is 4.39 Å². The van der Waals surface area contributed by atoms with Gasteiger partial charge in [0.2, 0.25) is 11.8 Å². The Balaban J connectivity index is 1.64. The summed E-state index contributed by atoms with van der Waals surface area (Å²) in [7, 11) is 1.25. The second kappa shape index (κ2) is 10.4. The Morgan fingerprint density at radius 2 is 1.39 bits per heavy atom. The highest BCUT2D eigenvalue weighted by Gasteiger charge is 2.17. The Labute approximate surface area is 191 Å². The van der Waals surface area contributed by atoms with Gasteiger partial charge in [0.1, 0.15) is 19.0 Å². The van der Waals surface area contributed by atoms with E-state index in [1.165, 1.54) is 19.2 Å². The molecule has 0 radical (unpaired) electrons. The van der Waals surface area contributed by atoms with Crippen molar-refractivity contribution in [2.45, 2.75) is 13.2 Å². The summed E-state index contributed by atoms with van der Waals surface area (Å²) in [6.07, 6.45) is 0. The molecule has 1 heterocycles. The van der Waals surface area contributed by atoms with Crippen molar-refractivity contribution < 1.29 is 23.4 Å². The zero-order valence-corrected chi connectivity index (χ0v) is 18.0. The molecule has 166 valence electrons. The van der Waals surface area contributed by atoms with Crippen molar-refractivity contribution >= 4 is 5.97 Å². The van der Waals surface area contributed by atoms with Crippen LogP contribution in [0, 0.1) is 5.82 Å². The molecule has 0 fully saturated rings. The fourth-order valence-corrected chi connectivity index (χ4v) is 3.25. The average Bonchev–Trinajstić information content (AvgIpc) is 2.87. The van der Waals surface area contributed by atoms with Crippen molar-refractivity contribution in [3.05, 3.63) is 114 Å². The predicted octanol–water partition coefficient (Wildman–Crippen LogP) is 5.83. The maximum absolute atomic E-state index is 14.9. The Morgan fingerprint density at radius 1 is 0.788 bits per heavy atom. The minimum atomic E-state index is -0.608. The normalized spacial score (nSPS) is 10.5. The SMILES string of the molecule is COC(=O)c1ccc(-c2ccc(OCc3ccccc3)nc2OCc2ccccc2)c(F)c1. The summed E-state index contributed by atoms with van der Waals surface area (Å²) in [4.78, 5) is 16.2. The molecule has 6 heteroatoms. The van der Waals surface area contributed by atoms with E-state index >= 15 is 0 Å². The van der Waals surface area contributed by atoms with Gasteiger partial charge < -0.3 is 14.2 Å². The number of benzene rings is 3. The van der Waals surface area contributed by atoms with Gasteiger partial charge in [0.25, 0.3) is 0 Å². The van der Waals surface area contributed by atoms with Gasteiger partial charge in [-0.2, -0.15) is 4.98 Å². The molecule has 0 N–H and O–H groups in total. The van der Waals surface area contributed by atoms with Gasteiger partial charge in [-0.3, -0.25) is 0 Å². The van der Waals surface area contributed by atoms with E-state index < -0.39 is 11.8 Å². The van der Waals surface area contributed by atoms with Crippen LogP contribution in [0.25, 0.3) is 11.1 Å². The second-order valence-electron chi connectivity index (χ2n) is 7.24. The standard InChI is InChI=1S/C27H22FNO4/c1-31-27(30)21-12-13-22(24(28)16-21)23-14-15-25(32-17-19-8-4-2-5-9-19)29-26(23)33-18-20-10-6-3-7-11-20/h2-16H,17-18H2,1H3. The molecule has 4 aromatic rings. The van der Waals surface area contributed by atoms with Crippen molar-refractivity contribution in [1.82, 2.24) is 4.98 Å². The van der Waals surface area contributed by atoms with E-state index in [9.17, 15) is 9.18 Å². The molecule has 0 saturated carbocycles. The van der Waals surface area contributed by atoms with Crippen LogP contribution in [0.15, 0.2) is 91.0 Å². The Morgan fingerprint density at radius 3 is 2.00 bits per heavy atom. The number of esters is 1. The van der Waals surface area contributed by atoms with Crippen LogP contribution < -0.4 is 9.47 Å². The van der Waals surface area contributed by atoms with E-state index in [-0.39, 0.29) is 23.6 Å². The van der Waals surface area contributed by atoms with Gasteiger partial charge >= 0.3 is 5.97 Å². The highest BCUT2D eigenvalue weighted by atomic mass is 19.1. The zero-order chi connectivity index (χ0) is 23.0. The topological polar surface area (TPSA) is 57.7 Å². The molecule has 0 unspecified atom stereocenters. The molecule has 0 amide bonds. The molecular formula is C27H22FNO4. The lowest BCUT2D eigenvalue weighted by atomic mass is 10.0. The smallest absolute Gasteiger partial charge is 0.337 e. The molecule has 0 saturated heterocycles. The van der Waals surface area contributed by atoms with E-state index in [0.717, 1.165) is 17.2 Å². The van der Waals surface area contributed by atoms with Crippen molar-refractivity contribution in [2.75, 3.05) is 7.11 Å². The Hall–Kier alpha value is -4.19. The number of rotatable bonds is 8. The molecule has 1 aromatic heterocycles. The lowest BCUT2D eigenvalue weighted by Crippen LogP contribution is -2.04. The molecule has 0 atom stereocenters. The molecule has 0 aliphatic heterocycles. The molecule has 5 nitrogen and oxygen atoms in total. The van der Waals surface area contributed by atoms with Crippen LogP contribution in [-0.2, 0) is 18.0 Å². The minimum absolute atomic E-state index is 0.126. The van der Waals surface area contributed by atoms with Crippen LogP contribution in [0.1, 0.15) is 21.5 Å². The number of nitrogens with zero attached hydrogens (tertiary/aromatic N) is 1. The van der Waals surface area contributed by atoms with Gasteiger partial charge in [0, 0.05) is 17.2 Å². The number of halogens is 1. The lowest BCUT2D eigenvalue weighted by molar-refractivity contribution is 0.0600. The number of hydrogen-bond acceptors (Lipinski definition) is 5. The highest BCUT2D eigenvalue weighted by molar-refractivity contribution is 5.90. The fraction of sp³-hybridized carbons (Fsp3) is 0.111. The van der Waals surface area contributed by atoms with E-state index in [1.807, 2.05) is 60.7 Å². The first kappa shape index (κ1) is 22.0. The largest absolute Gasteiger partial charge is 0.473 e. The summed E-state index contributed by atoms with van der Waals surface area (Å²) in [5, 5.41) is 0. The molecule has 0 aliphatic carbocycles. The van der Waals surface area contributed by atoms with Crippen molar-refractivity contribution in [1.29, 1.82) is 0 Å². The van der Waals surface area contributed by atoms with Crippen LogP contribution in [0.3, 0.4) is 0 Å². The third-order valence-electron chi connectivity index (χ3n) is 4.96. The molecule has 3 aromatic carbocycles. The number of carbonyl (C=O) groups is 1. The summed E-state index contributed by atoms with van der Waals surface area (Å²) < 4.78 is 31.4. The summed E-state index contributed by atoms with van der Waals surface area (Å²) in [5.41, 5.74) is 2.78. The van der Waals surface area contributed by atoms with E-state index in [2.05, 4.69) is 9.72 Å². The first-order valence-corrected chi connectivity index (χ1v) is 10.4. The van der Waals surface area contributed by atoms with Gasteiger partial charge in [-0.05, 0) is 29.3 Å². The summed E-state index contributed by atoms with van der Waals surface area (Å²) in [5.74, 6) is -0.600. The number of aromatic nitrogens is 1. The van der Waals surface area contributed by atoms with Gasteiger partial charge in [-0.15, -0.1) is 0 Å². The molecular weight excluding hydrogens is 421 g/mol. The third-order valence-corrected chi connectivity index (χ3v) is 4.96. The number of carbonyl (C=O) groups excluding carboxylic acids is 1. The lowest BCUT2D eigenvalue weighted by Gasteiger charge is -2.14. The third kappa shape index (κ3) is 5.54. The second-order valence-corrected chi connectivity index (χ2v) is 7.24. The van der Waals surface area contributed by atoms with E-state index in [0.29, 0.717) is 18.1 Å². The average molecular weight is 443 g/mol. The number of hydrogen-bond donors (Lipinski definition) is 0. The fourth-order valence-electron chi connectivity index (χ4n) is 3.25.